The Morgan fingerprint density at radius 1 is 1.10 bits per heavy atom. The molecule has 1 fully saturated rings. The summed E-state index contributed by atoms with van der Waals surface area (Å²) >= 11 is 0. The molecule has 0 saturated heterocycles. The number of aromatic hydroxyl groups is 1. The van der Waals surface area contributed by atoms with Gasteiger partial charge in [0, 0.05) is 6.26 Å². The molecule has 0 amide bonds. The van der Waals surface area contributed by atoms with Crippen molar-refractivity contribution >= 4 is 25.5 Å². The molecule has 0 aliphatic heterocycles. The van der Waals surface area contributed by atoms with Gasteiger partial charge in [-0.2, -0.15) is 0 Å². The molecule has 0 spiro atoms. The van der Waals surface area contributed by atoms with Crippen LogP contribution in [0.5, 0.6) is 5.75 Å². The van der Waals surface area contributed by atoms with Gasteiger partial charge in [-0.1, -0.05) is 19.3 Å². The van der Waals surface area contributed by atoms with E-state index in [1.165, 1.54) is 12.1 Å². The van der Waals surface area contributed by atoms with Crippen molar-refractivity contribution in [2.75, 3.05) is 11.0 Å². The second kappa shape index (κ2) is 5.84. The summed E-state index contributed by atoms with van der Waals surface area (Å²) in [6.45, 7) is 0. The van der Waals surface area contributed by atoms with Gasteiger partial charge >= 0.3 is 0 Å². The van der Waals surface area contributed by atoms with Crippen LogP contribution in [0, 0.1) is 0 Å². The van der Waals surface area contributed by atoms with Crippen molar-refractivity contribution in [2.45, 2.75) is 42.2 Å². The third kappa shape index (κ3) is 3.88. The summed E-state index contributed by atoms with van der Waals surface area (Å²) in [6, 6.07) is 3.56. The van der Waals surface area contributed by atoms with E-state index in [9.17, 15) is 21.9 Å². The minimum Gasteiger partial charge on any atom is -0.506 e. The van der Waals surface area contributed by atoms with Crippen molar-refractivity contribution in [1.82, 2.24) is 0 Å². The van der Waals surface area contributed by atoms with E-state index in [4.69, 9.17) is 0 Å². The molecule has 1 aliphatic carbocycles. The highest BCUT2D eigenvalue weighted by Crippen LogP contribution is 2.30. The number of nitrogens with one attached hydrogen (secondary N) is 1. The predicted molar refractivity (Wildman–Crippen MR) is 80.6 cm³/mol. The lowest BCUT2D eigenvalue weighted by Gasteiger charge is -2.22. The molecule has 2 N–H and O–H groups in total. The number of hydrogen-bond acceptors (Lipinski definition) is 5. The van der Waals surface area contributed by atoms with Crippen molar-refractivity contribution in [1.29, 1.82) is 0 Å². The number of sulfone groups is 1. The second-order valence-electron chi connectivity index (χ2n) is 5.36. The first-order valence-corrected chi connectivity index (χ1v) is 10.2. The molecule has 1 aromatic carbocycles. The average Bonchev–Trinajstić information content (AvgIpc) is 2.41. The number of phenolic OH excluding ortho intramolecular Hbond substituents is 1. The molecule has 2 rings (SSSR count). The summed E-state index contributed by atoms with van der Waals surface area (Å²) < 4.78 is 49.9. The summed E-state index contributed by atoms with van der Waals surface area (Å²) in [6.07, 6.45) is 4.95. The van der Waals surface area contributed by atoms with E-state index >= 15 is 0 Å². The van der Waals surface area contributed by atoms with Crippen LogP contribution < -0.4 is 4.72 Å². The largest absolute Gasteiger partial charge is 0.506 e. The number of anilines is 1. The number of phenols is 1. The predicted octanol–water partition coefficient (Wildman–Crippen LogP) is 1.87. The molecule has 0 heterocycles. The minimum absolute atomic E-state index is 0.0401. The zero-order valence-corrected chi connectivity index (χ0v) is 13.4. The maximum atomic E-state index is 12.3. The topological polar surface area (TPSA) is 101 Å². The fourth-order valence-corrected chi connectivity index (χ4v) is 4.68. The monoisotopic (exact) mass is 333 g/mol. The molecular weight excluding hydrogens is 314 g/mol. The lowest BCUT2D eigenvalue weighted by molar-refractivity contribution is 0.475. The van der Waals surface area contributed by atoms with Gasteiger partial charge in [0.15, 0.2) is 9.84 Å². The summed E-state index contributed by atoms with van der Waals surface area (Å²) in [5.41, 5.74) is -0.0940. The van der Waals surface area contributed by atoms with Crippen LogP contribution >= 0.6 is 0 Å². The molecule has 6 nitrogen and oxygen atoms in total. The quantitative estimate of drug-likeness (QED) is 0.819. The Labute approximate surface area is 125 Å². The van der Waals surface area contributed by atoms with Crippen LogP contribution in [-0.2, 0) is 19.9 Å². The summed E-state index contributed by atoms with van der Waals surface area (Å²) in [7, 11) is -7.09. The zero-order chi connectivity index (χ0) is 15.7. The van der Waals surface area contributed by atoms with Crippen LogP contribution in [0.2, 0.25) is 0 Å². The van der Waals surface area contributed by atoms with Crippen LogP contribution in [0.3, 0.4) is 0 Å². The van der Waals surface area contributed by atoms with E-state index in [0.717, 1.165) is 31.6 Å². The van der Waals surface area contributed by atoms with Gasteiger partial charge in [-0.15, -0.1) is 0 Å². The first-order chi connectivity index (χ1) is 9.70. The van der Waals surface area contributed by atoms with Gasteiger partial charge in [-0.3, -0.25) is 4.72 Å². The summed E-state index contributed by atoms with van der Waals surface area (Å²) in [5.74, 6) is -0.290. The lowest BCUT2D eigenvalue weighted by Crippen LogP contribution is -2.29. The molecule has 118 valence electrons. The van der Waals surface area contributed by atoms with Gasteiger partial charge in [0.2, 0.25) is 10.0 Å². The van der Waals surface area contributed by atoms with E-state index in [2.05, 4.69) is 4.72 Å². The van der Waals surface area contributed by atoms with Crippen molar-refractivity contribution in [3.8, 4) is 5.75 Å². The molecule has 0 bridgehead atoms. The van der Waals surface area contributed by atoms with Crippen LogP contribution in [0.25, 0.3) is 0 Å². The molecule has 0 aromatic heterocycles. The van der Waals surface area contributed by atoms with E-state index in [-0.39, 0.29) is 16.3 Å². The van der Waals surface area contributed by atoms with Gasteiger partial charge in [0.05, 0.1) is 15.8 Å². The van der Waals surface area contributed by atoms with E-state index in [1.807, 2.05) is 0 Å². The number of benzene rings is 1. The molecule has 1 aromatic rings. The molecule has 8 heteroatoms. The van der Waals surface area contributed by atoms with Gasteiger partial charge < -0.3 is 5.11 Å². The van der Waals surface area contributed by atoms with Crippen molar-refractivity contribution < 1.29 is 21.9 Å². The van der Waals surface area contributed by atoms with Crippen molar-refractivity contribution in [3.63, 3.8) is 0 Å². The Hall–Kier alpha value is -1.28. The maximum absolute atomic E-state index is 12.3. The Morgan fingerprint density at radius 3 is 2.29 bits per heavy atom. The van der Waals surface area contributed by atoms with Gasteiger partial charge in [0.25, 0.3) is 0 Å². The van der Waals surface area contributed by atoms with Crippen LogP contribution in [0.15, 0.2) is 23.1 Å². The molecular formula is C13H19NO5S2. The standard InChI is InChI=1S/C13H19NO5S2/c1-20(16,17)11-7-8-13(15)12(9-11)14-21(18,19)10-5-3-2-4-6-10/h7-10,14-15H,2-6H2,1H3. The Balaban J connectivity index is 2.30. The van der Waals surface area contributed by atoms with Gasteiger partial charge in [-0.05, 0) is 31.0 Å². The van der Waals surface area contributed by atoms with E-state index < -0.39 is 25.1 Å². The van der Waals surface area contributed by atoms with Crippen molar-refractivity contribution in [3.05, 3.63) is 18.2 Å². The molecule has 0 unspecified atom stereocenters. The molecule has 21 heavy (non-hydrogen) atoms. The molecule has 1 saturated carbocycles. The number of sulfonamides is 1. The smallest absolute Gasteiger partial charge is 0.235 e. The first kappa shape index (κ1) is 16.1. The van der Waals surface area contributed by atoms with Gasteiger partial charge in [0.1, 0.15) is 5.75 Å². The fourth-order valence-electron chi connectivity index (χ4n) is 2.44. The second-order valence-corrected chi connectivity index (χ2v) is 9.33. The summed E-state index contributed by atoms with van der Waals surface area (Å²) in [5, 5.41) is 9.25. The number of hydrogen-bond donors (Lipinski definition) is 2. The summed E-state index contributed by atoms with van der Waals surface area (Å²) in [4.78, 5) is -0.0401. The van der Waals surface area contributed by atoms with Crippen LogP contribution in [0.1, 0.15) is 32.1 Å². The third-order valence-electron chi connectivity index (χ3n) is 3.64. The molecule has 0 atom stereocenters. The maximum Gasteiger partial charge on any atom is 0.235 e. The van der Waals surface area contributed by atoms with Crippen molar-refractivity contribution in [2.24, 2.45) is 0 Å². The SMILES string of the molecule is CS(=O)(=O)c1ccc(O)c(NS(=O)(=O)C2CCCCC2)c1. The highest BCUT2D eigenvalue weighted by Gasteiger charge is 2.28. The van der Waals surface area contributed by atoms with Crippen LogP contribution in [0.4, 0.5) is 5.69 Å². The lowest BCUT2D eigenvalue weighted by atomic mass is 10.0. The average molecular weight is 333 g/mol. The first-order valence-electron chi connectivity index (χ1n) is 6.75. The zero-order valence-electron chi connectivity index (χ0n) is 11.7. The third-order valence-corrected chi connectivity index (χ3v) is 6.60. The highest BCUT2D eigenvalue weighted by molar-refractivity contribution is 7.93. The van der Waals surface area contributed by atoms with E-state index in [0.29, 0.717) is 12.8 Å². The molecule has 1 aliphatic rings. The van der Waals surface area contributed by atoms with Gasteiger partial charge in [-0.25, -0.2) is 16.8 Å². The Kier molecular flexibility index (Phi) is 4.48. The fraction of sp³-hybridized carbons (Fsp3) is 0.538. The Bertz CT molecular complexity index is 719. The van der Waals surface area contributed by atoms with E-state index in [1.54, 1.807) is 0 Å². The minimum atomic E-state index is -3.63. The van der Waals surface area contributed by atoms with Crippen LogP contribution in [-0.4, -0.2) is 33.4 Å². The highest BCUT2D eigenvalue weighted by atomic mass is 32.2. The molecule has 0 radical (unpaired) electrons. The normalized spacial score (nSPS) is 17.6. The number of rotatable bonds is 4. The Morgan fingerprint density at radius 2 is 1.71 bits per heavy atom.